The molecule has 1 aliphatic heterocycles. The molecule has 0 bridgehead atoms. The molecule has 6 aromatic rings. The van der Waals surface area contributed by atoms with Gasteiger partial charge < -0.3 is 20.2 Å². The standard InChI is InChI=1S/C46H42N6/c1-5-13-39-41(6-2)51(44-18-12-29-49-46(39)44)37-27-22-33(23-28-37)35-19-24-36(50-31-35)15-11-14-34(30-47)32-20-25-38(26-21-32)52-42(7-3)45(48-8-4)40-16-9-10-17-43(40)52/h5-14,16-31,36,50H,2-3,15,47H2,1,4H3/b13-5-,14-11-,34-30+,48-8?. The average molecular weight is 679 g/mol. The number of rotatable bonds is 11. The Morgan fingerprint density at radius 2 is 1.60 bits per heavy atom. The Labute approximate surface area is 305 Å². The van der Waals surface area contributed by atoms with Gasteiger partial charge in [-0.05, 0) is 97.2 Å². The van der Waals surface area contributed by atoms with Crippen LogP contribution in [0.2, 0.25) is 0 Å². The molecule has 256 valence electrons. The number of pyridine rings is 1. The predicted molar refractivity (Wildman–Crippen MR) is 223 cm³/mol. The molecule has 7 rings (SSSR count). The van der Waals surface area contributed by atoms with Gasteiger partial charge in [-0.3, -0.25) is 9.98 Å². The lowest BCUT2D eigenvalue weighted by molar-refractivity contribution is 0.705. The van der Waals surface area contributed by atoms with Gasteiger partial charge in [0.05, 0.1) is 33.6 Å². The largest absolute Gasteiger partial charge is 0.404 e. The lowest BCUT2D eigenvalue weighted by atomic mass is 10.0. The van der Waals surface area contributed by atoms with E-state index in [0.29, 0.717) is 0 Å². The number of fused-ring (bicyclic) bond motifs is 2. The summed E-state index contributed by atoms with van der Waals surface area (Å²) in [4.78, 5) is 9.33. The van der Waals surface area contributed by atoms with Crippen molar-refractivity contribution in [3.05, 3.63) is 175 Å². The van der Waals surface area contributed by atoms with Crippen LogP contribution in [0.3, 0.4) is 0 Å². The van der Waals surface area contributed by atoms with Gasteiger partial charge in [0.2, 0.25) is 0 Å². The van der Waals surface area contributed by atoms with Crippen LogP contribution in [0.5, 0.6) is 0 Å². The first-order chi connectivity index (χ1) is 25.6. The maximum Gasteiger partial charge on any atom is 0.0963 e. The number of hydrogen-bond donors (Lipinski definition) is 2. The number of aliphatic imine (C=N–C) groups is 1. The summed E-state index contributed by atoms with van der Waals surface area (Å²) in [5, 5.41) is 4.66. The van der Waals surface area contributed by atoms with Gasteiger partial charge in [-0.1, -0.05) is 92.1 Å². The van der Waals surface area contributed by atoms with Gasteiger partial charge in [0.25, 0.3) is 0 Å². The van der Waals surface area contributed by atoms with E-state index in [2.05, 4.69) is 141 Å². The Bertz CT molecular complexity index is 2460. The highest BCUT2D eigenvalue weighted by Gasteiger charge is 2.17. The SMILES string of the molecule is C=Cc1c(N=CC)c2ccccc2n1-c1ccc(C(/C=C\CC2C=CC(c3ccc(-n4c(C=C)c(/C=C\C)c5ncccc54)cc3)=CN2)=C/N)cc1. The number of allylic oxidation sites excluding steroid dienone is 5. The molecule has 0 spiro atoms. The first-order valence-electron chi connectivity index (χ1n) is 17.5. The normalized spacial score (nSPS) is 14.9. The smallest absolute Gasteiger partial charge is 0.0963 e. The lowest BCUT2D eigenvalue weighted by Crippen LogP contribution is -2.23. The van der Waals surface area contributed by atoms with Gasteiger partial charge in [-0.15, -0.1) is 0 Å². The van der Waals surface area contributed by atoms with Crippen molar-refractivity contribution in [2.45, 2.75) is 26.3 Å². The first kappa shape index (κ1) is 33.8. The van der Waals surface area contributed by atoms with Crippen LogP contribution in [0.1, 0.15) is 48.3 Å². The highest BCUT2D eigenvalue weighted by molar-refractivity contribution is 5.99. The monoisotopic (exact) mass is 678 g/mol. The molecule has 6 nitrogen and oxygen atoms in total. The van der Waals surface area contributed by atoms with Gasteiger partial charge in [-0.25, -0.2) is 0 Å². The molecule has 3 aromatic carbocycles. The third kappa shape index (κ3) is 6.27. The van der Waals surface area contributed by atoms with Crippen molar-refractivity contribution in [2.75, 3.05) is 0 Å². The molecule has 52 heavy (non-hydrogen) atoms. The molecule has 0 saturated carbocycles. The second-order valence-electron chi connectivity index (χ2n) is 12.5. The van der Waals surface area contributed by atoms with E-state index in [1.165, 1.54) is 0 Å². The molecule has 1 atom stereocenters. The van der Waals surface area contributed by atoms with Crippen LogP contribution < -0.4 is 11.1 Å². The number of nitrogens with one attached hydrogen (secondary N) is 1. The predicted octanol–water partition coefficient (Wildman–Crippen LogP) is 10.8. The molecular formula is C46H42N6. The number of aromatic nitrogens is 3. The molecule has 4 heterocycles. The second-order valence-corrected chi connectivity index (χ2v) is 12.5. The van der Waals surface area contributed by atoms with E-state index in [0.717, 1.165) is 84.6 Å². The quantitative estimate of drug-likeness (QED) is 0.106. The molecule has 0 aliphatic carbocycles. The summed E-state index contributed by atoms with van der Waals surface area (Å²) in [5.74, 6) is 0. The van der Waals surface area contributed by atoms with Gasteiger partial charge >= 0.3 is 0 Å². The van der Waals surface area contributed by atoms with E-state index in [9.17, 15) is 0 Å². The van der Waals surface area contributed by atoms with E-state index in [1.54, 1.807) is 6.20 Å². The van der Waals surface area contributed by atoms with Crippen molar-refractivity contribution in [3.63, 3.8) is 0 Å². The molecule has 3 N–H and O–H groups in total. The Morgan fingerprint density at radius 3 is 2.27 bits per heavy atom. The summed E-state index contributed by atoms with van der Waals surface area (Å²) in [6, 6.07) is 29.7. The summed E-state index contributed by atoms with van der Waals surface area (Å²) in [6.07, 6.45) is 24.8. The fourth-order valence-corrected chi connectivity index (χ4v) is 6.98. The van der Waals surface area contributed by atoms with Gasteiger partial charge in [0.1, 0.15) is 0 Å². The number of benzene rings is 3. The number of para-hydroxylation sites is 1. The highest BCUT2D eigenvalue weighted by atomic mass is 15.0. The minimum atomic E-state index is 0.180. The summed E-state index contributed by atoms with van der Waals surface area (Å²) >= 11 is 0. The molecule has 1 aliphatic rings. The Balaban J connectivity index is 1.02. The lowest BCUT2D eigenvalue weighted by Gasteiger charge is -2.18. The molecular weight excluding hydrogens is 637 g/mol. The maximum atomic E-state index is 6.12. The molecule has 0 amide bonds. The topological polar surface area (TPSA) is 73.2 Å². The number of nitrogens with zero attached hydrogens (tertiary/aromatic N) is 4. The van der Waals surface area contributed by atoms with Crippen molar-refractivity contribution in [3.8, 4) is 11.4 Å². The van der Waals surface area contributed by atoms with Crippen molar-refractivity contribution >= 4 is 63.2 Å². The van der Waals surface area contributed by atoms with Gasteiger partial charge in [0.15, 0.2) is 0 Å². The first-order valence-corrected chi connectivity index (χ1v) is 17.5. The Kier molecular flexibility index (Phi) is 9.80. The minimum Gasteiger partial charge on any atom is -0.404 e. The number of hydrogen-bond acceptors (Lipinski definition) is 4. The Morgan fingerprint density at radius 1 is 0.885 bits per heavy atom. The zero-order valence-electron chi connectivity index (χ0n) is 29.6. The third-order valence-corrected chi connectivity index (χ3v) is 9.41. The highest BCUT2D eigenvalue weighted by Crippen LogP contribution is 2.37. The number of nitrogens with two attached hydrogens (primary N) is 1. The molecule has 0 radical (unpaired) electrons. The van der Waals surface area contributed by atoms with E-state index >= 15 is 0 Å². The van der Waals surface area contributed by atoms with Crippen LogP contribution >= 0.6 is 0 Å². The molecule has 1 unspecified atom stereocenters. The van der Waals surface area contributed by atoms with Crippen LogP contribution in [0.15, 0.2) is 152 Å². The summed E-state index contributed by atoms with van der Waals surface area (Å²) in [5.41, 5.74) is 19.6. The van der Waals surface area contributed by atoms with E-state index in [-0.39, 0.29) is 6.04 Å². The van der Waals surface area contributed by atoms with Gasteiger partial charge in [0, 0.05) is 53.2 Å². The summed E-state index contributed by atoms with van der Waals surface area (Å²) in [7, 11) is 0. The number of dihydropyridines is 1. The van der Waals surface area contributed by atoms with Crippen LogP contribution in [-0.2, 0) is 0 Å². The molecule has 3 aromatic heterocycles. The van der Waals surface area contributed by atoms with Crippen molar-refractivity contribution in [2.24, 2.45) is 10.7 Å². The average Bonchev–Trinajstić information content (AvgIpc) is 3.69. The van der Waals surface area contributed by atoms with Crippen molar-refractivity contribution in [1.82, 2.24) is 19.4 Å². The maximum absolute atomic E-state index is 6.12. The molecule has 0 fully saturated rings. The fraction of sp³-hybridized carbons (Fsp3) is 0.0870. The summed E-state index contributed by atoms with van der Waals surface area (Å²) in [6.45, 7) is 12.1. The van der Waals surface area contributed by atoms with Gasteiger partial charge in [-0.2, -0.15) is 0 Å². The zero-order valence-corrected chi connectivity index (χ0v) is 29.6. The van der Waals surface area contributed by atoms with E-state index in [1.807, 2.05) is 62.7 Å². The molecule has 6 heteroatoms. The second kappa shape index (κ2) is 15.1. The van der Waals surface area contributed by atoms with Crippen LogP contribution in [-0.4, -0.2) is 26.4 Å². The fourth-order valence-electron chi connectivity index (χ4n) is 6.98. The molecule has 0 saturated heterocycles. The zero-order chi connectivity index (χ0) is 36.0. The third-order valence-electron chi connectivity index (χ3n) is 9.41. The van der Waals surface area contributed by atoms with Crippen molar-refractivity contribution in [1.29, 1.82) is 0 Å². The Hall–Kier alpha value is -6.66. The summed E-state index contributed by atoms with van der Waals surface area (Å²) < 4.78 is 4.42. The van der Waals surface area contributed by atoms with Crippen molar-refractivity contribution < 1.29 is 0 Å². The van der Waals surface area contributed by atoms with E-state index in [4.69, 9.17) is 5.73 Å². The van der Waals surface area contributed by atoms with Crippen LogP contribution in [0, 0.1) is 0 Å². The van der Waals surface area contributed by atoms with E-state index < -0.39 is 0 Å². The van der Waals surface area contributed by atoms with Crippen LogP contribution in [0.4, 0.5) is 5.69 Å². The van der Waals surface area contributed by atoms with Crippen LogP contribution in [0.25, 0.3) is 62.7 Å². The minimum absolute atomic E-state index is 0.180.